The third kappa shape index (κ3) is 4.99. The van der Waals surface area contributed by atoms with Crippen LogP contribution in [-0.4, -0.2) is 22.6 Å². The molecule has 2 rings (SSSR count). The number of halogens is 1. The molecule has 0 amide bonds. The smallest absolute Gasteiger partial charge is 0.123 e. The van der Waals surface area contributed by atoms with Crippen molar-refractivity contribution in [1.29, 1.82) is 0 Å². The summed E-state index contributed by atoms with van der Waals surface area (Å²) in [6, 6.07) is 11.0. The van der Waals surface area contributed by atoms with Crippen molar-refractivity contribution in [2.45, 2.75) is 40.3 Å². The zero-order chi connectivity index (χ0) is 15.9. The maximum atomic E-state index is 13.0. The molecule has 0 unspecified atom stereocenters. The number of rotatable bonds is 8. The van der Waals surface area contributed by atoms with Gasteiger partial charge in [0, 0.05) is 25.0 Å². The Labute approximate surface area is 133 Å². The summed E-state index contributed by atoms with van der Waals surface area (Å²) in [5.41, 5.74) is 2.44. The molecule has 0 N–H and O–H groups in total. The average molecular weight is 302 g/mol. The molecule has 0 atom stereocenters. The van der Waals surface area contributed by atoms with E-state index in [1.54, 1.807) is 0 Å². The zero-order valence-corrected chi connectivity index (χ0v) is 13.9. The van der Waals surface area contributed by atoms with Gasteiger partial charge >= 0.3 is 0 Å². The van der Waals surface area contributed by atoms with Crippen molar-refractivity contribution < 1.29 is 4.39 Å². The Morgan fingerprint density at radius 1 is 1.14 bits per heavy atom. The summed E-state index contributed by atoms with van der Waals surface area (Å²) in [6.45, 7) is 10.7. The van der Waals surface area contributed by atoms with Crippen LogP contribution in [0.5, 0.6) is 0 Å². The number of aromatic nitrogens is 1. The Bertz CT molecular complexity index is 557. The second-order valence-corrected chi connectivity index (χ2v) is 6.31. The fourth-order valence-corrected chi connectivity index (χ4v) is 2.55. The highest BCUT2D eigenvalue weighted by Crippen LogP contribution is 2.12. The van der Waals surface area contributed by atoms with Gasteiger partial charge in [-0.2, -0.15) is 0 Å². The van der Waals surface area contributed by atoms with E-state index in [1.807, 2.05) is 12.1 Å². The van der Waals surface area contributed by atoms with E-state index in [0.717, 1.165) is 37.7 Å². The average Bonchev–Trinajstić information content (AvgIpc) is 2.92. The third-order valence-electron chi connectivity index (χ3n) is 4.05. The second-order valence-electron chi connectivity index (χ2n) is 6.31. The molecule has 0 aliphatic heterocycles. The standard InChI is InChI=1S/C19H27FN2/c1-4-21(13-11-16(2)3)15-19-6-5-12-22(19)14-17-7-9-18(20)10-8-17/h5-10,12,16H,4,11,13-15H2,1-3H3. The minimum Gasteiger partial charge on any atom is -0.346 e. The molecule has 0 aliphatic carbocycles. The highest BCUT2D eigenvalue weighted by molar-refractivity contribution is 5.18. The number of nitrogens with zero attached hydrogens (tertiary/aromatic N) is 2. The van der Waals surface area contributed by atoms with Crippen molar-refractivity contribution in [3.05, 3.63) is 59.7 Å². The fraction of sp³-hybridized carbons (Fsp3) is 0.474. The topological polar surface area (TPSA) is 8.17 Å². The molecule has 3 heteroatoms. The number of benzene rings is 1. The van der Waals surface area contributed by atoms with Crippen LogP contribution < -0.4 is 0 Å². The molecule has 0 radical (unpaired) electrons. The van der Waals surface area contributed by atoms with Crippen LogP contribution in [0.1, 0.15) is 38.4 Å². The molecule has 0 aliphatic rings. The minimum absolute atomic E-state index is 0.178. The number of hydrogen-bond acceptors (Lipinski definition) is 1. The molecule has 0 fully saturated rings. The van der Waals surface area contributed by atoms with Gasteiger partial charge in [0.2, 0.25) is 0 Å². The molecule has 2 nitrogen and oxygen atoms in total. The zero-order valence-electron chi connectivity index (χ0n) is 13.9. The quantitative estimate of drug-likeness (QED) is 0.695. The summed E-state index contributed by atoms with van der Waals surface area (Å²) in [6.07, 6.45) is 3.33. The molecule has 22 heavy (non-hydrogen) atoms. The van der Waals surface area contributed by atoms with E-state index >= 15 is 0 Å². The Balaban J connectivity index is 2.00. The molecular formula is C19H27FN2. The lowest BCUT2D eigenvalue weighted by Crippen LogP contribution is -2.26. The van der Waals surface area contributed by atoms with Crippen LogP contribution in [-0.2, 0) is 13.1 Å². The molecule has 2 aromatic rings. The van der Waals surface area contributed by atoms with Crippen LogP contribution in [0.2, 0.25) is 0 Å². The van der Waals surface area contributed by atoms with E-state index in [2.05, 4.69) is 48.6 Å². The molecule has 0 spiro atoms. The van der Waals surface area contributed by atoms with Crippen LogP contribution >= 0.6 is 0 Å². The van der Waals surface area contributed by atoms with Gasteiger partial charge in [-0.15, -0.1) is 0 Å². The normalized spacial score (nSPS) is 11.5. The first-order chi connectivity index (χ1) is 10.6. The highest BCUT2D eigenvalue weighted by Gasteiger charge is 2.08. The Morgan fingerprint density at radius 3 is 2.50 bits per heavy atom. The van der Waals surface area contributed by atoms with Gasteiger partial charge in [-0.3, -0.25) is 4.90 Å². The summed E-state index contributed by atoms with van der Waals surface area (Å²) in [5.74, 6) is 0.558. The summed E-state index contributed by atoms with van der Waals surface area (Å²) >= 11 is 0. The van der Waals surface area contributed by atoms with Crippen molar-refractivity contribution in [3.8, 4) is 0 Å². The van der Waals surface area contributed by atoms with Crippen LogP contribution in [0.25, 0.3) is 0 Å². The maximum Gasteiger partial charge on any atom is 0.123 e. The first-order valence-electron chi connectivity index (χ1n) is 8.19. The largest absolute Gasteiger partial charge is 0.346 e. The molecule has 1 aromatic heterocycles. The molecular weight excluding hydrogens is 275 g/mol. The van der Waals surface area contributed by atoms with Gasteiger partial charge in [-0.25, -0.2) is 4.39 Å². The van der Waals surface area contributed by atoms with E-state index in [1.165, 1.54) is 24.2 Å². The van der Waals surface area contributed by atoms with Gasteiger partial charge in [-0.05, 0) is 55.3 Å². The van der Waals surface area contributed by atoms with Crippen LogP contribution in [0.15, 0.2) is 42.6 Å². The lowest BCUT2D eigenvalue weighted by molar-refractivity contribution is 0.256. The Morgan fingerprint density at radius 2 is 1.86 bits per heavy atom. The van der Waals surface area contributed by atoms with Crippen LogP contribution in [0.3, 0.4) is 0 Å². The summed E-state index contributed by atoms with van der Waals surface area (Å²) in [5, 5.41) is 0. The summed E-state index contributed by atoms with van der Waals surface area (Å²) < 4.78 is 15.3. The molecule has 0 bridgehead atoms. The third-order valence-corrected chi connectivity index (χ3v) is 4.05. The number of hydrogen-bond donors (Lipinski definition) is 0. The van der Waals surface area contributed by atoms with E-state index in [0.29, 0.717) is 0 Å². The lowest BCUT2D eigenvalue weighted by Gasteiger charge is -2.22. The Kier molecular flexibility index (Phi) is 6.20. The molecule has 1 aromatic carbocycles. The Hall–Kier alpha value is -1.61. The predicted molar refractivity (Wildman–Crippen MR) is 90.3 cm³/mol. The van der Waals surface area contributed by atoms with Gasteiger partial charge in [-0.1, -0.05) is 32.9 Å². The van der Waals surface area contributed by atoms with E-state index in [-0.39, 0.29) is 5.82 Å². The maximum absolute atomic E-state index is 13.0. The molecule has 0 saturated carbocycles. The second kappa shape index (κ2) is 8.14. The molecule has 120 valence electrons. The van der Waals surface area contributed by atoms with Gasteiger partial charge in [0.1, 0.15) is 5.82 Å². The van der Waals surface area contributed by atoms with Crippen molar-refractivity contribution >= 4 is 0 Å². The van der Waals surface area contributed by atoms with Crippen LogP contribution in [0, 0.1) is 11.7 Å². The van der Waals surface area contributed by atoms with Crippen molar-refractivity contribution in [2.75, 3.05) is 13.1 Å². The van der Waals surface area contributed by atoms with Gasteiger partial charge < -0.3 is 4.57 Å². The monoisotopic (exact) mass is 302 g/mol. The summed E-state index contributed by atoms with van der Waals surface area (Å²) in [4.78, 5) is 2.48. The first-order valence-corrected chi connectivity index (χ1v) is 8.19. The van der Waals surface area contributed by atoms with E-state index < -0.39 is 0 Å². The lowest BCUT2D eigenvalue weighted by atomic mass is 10.1. The van der Waals surface area contributed by atoms with Gasteiger partial charge in [0.05, 0.1) is 0 Å². The van der Waals surface area contributed by atoms with Gasteiger partial charge in [0.15, 0.2) is 0 Å². The van der Waals surface area contributed by atoms with Crippen LogP contribution in [0.4, 0.5) is 4.39 Å². The highest BCUT2D eigenvalue weighted by atomic mass is 19.1. The van der Waals surface area contributed by atoms with Gasteiger partial charge in [0.25, 0.3) is 0 Å². The van der Waals surface area contributed by atoms with Crippen molar-refractivity contribution in [3.63, 3.8) is 0 Å². The van der Waals surface area contributed by atoms with Crippen molar-refractivity contribution in [1.82, 2.24) is 9.47 Å². The molecule has 1 heterocycles. The minimum atomic E-state index is -0.178. The van der Waals surface area contributed by atoms with Crippen molar-refractivity contribution in [2.24, 2.45) is 5.92 Å². The molecule has 0 saturated heterocycles. The summed E-state index contributed by atoms with van der Waals surface area (Å²) in [7, 11) is 0. The van der Waals surface area contributed by atoms with E-state index in [9.17, 15) is 4.39 Å². The predicted octanol–water partition coefficient (Wildman–Crippen LogP) is 4.54. The first kappa shape index (κ1) is 16.8. The SMILES string of the molecule is CCN(CCC(C)C)Cc1cccn1Cc1ccc(F)cc1. The van der Waals surface area contributed by atoms with E-state index in [4.69, 9.17) is 0 Å². The fourth-order valence-electron chi connectivity index (χ4n) is 2.55.